The largest absolute Gasteiger partial charge is 0.383 e. The van der Waals surface area contributed by atoms with E-state index < -0.39 is 0 Å². The number of pyridine rings is 1. The van der Waals surface area contributed by atoms with Gasteiger partial charge in [-0.3, -0.25) is 9.78 Å². The average molecular weight is 444 g/mol. The molecule has 2 N–H and O–H groups in total. The fourth-order valence-corrected chi connectivity index (χ4v) is 4.09. The van der Waals surface area contributed by atoms with Crippen molar-refractivity contribution in [2.24, 2.45) is 0 Å². The molecule has 1 amide bonds. The summed E-state index contributed by atoms with van der Waals surface area (Å²) in [5, 5.41) is 4.00. The highest BCUT2D eigenvalue weighted by Crippen LogP contribution is 2.34. The number of hydrogen-bond donors (Lipinski definition) is 2. The van der Waals surface area contributed by atoms with Crippen molar-refractivity contribution in [3.8, 4) is 11.4 Å². The van der Waals surface area contributed by atoms with Gasteiger partial charge in [-0.25, -0.2) is 9.97 Å². The lowest BCUT2D eigenvalue weighted by Gasteiger charge is -2.37. The molecule has 4 heterocycles. The van der Waals surface area contributed by atoms with E-state index in [0.717, 1.165) is 40.2 Å². The molecule has 5 rings (SSSR count). The van der Waals surface area contributed by atoms with E-state index in [1.54, 1.807) is 31.6 Å². The Bertz CT molecular complexity index is 1260. The second kappa shape index (κ2) is 9.25. The highest BCUT2D eigenvalue weighted by atomic mass is 16.5. The van der Waals surface area contributed by atoms with Gasteiger partial charge in [0.2, 0.25) is 5.91 Å². The van der Waals surface area contributed by atoms with E-state index in [0.29, 0.717) is 25.5 Å². The topological polar surface area (TPSA) is 99.3 Å². The lowest BCUT2D eigenvalue weighted by molar-refractivity contribution is -0.115. The first-order valence-electron chi connectivity index (χ1n) is 10.8. The molecule has 1 aliphatic rings. The van der Waals surface area contributed by atoms with Crippen LogP contribution in [0.1, 0.15) is 0 Å². The molecule has 0 saturated heterocycles. The molecule has 0 spiro atoms. The number of aromatic nitrogens is 4. The molecule has 33 heavy (non-hydrogen) atoms. The first-order chi connectivity index (χ1) is 16.2. The Morgan fingerprint density at radius 1 is 1.15 bits per heavy atom. The maximum absolute atomic E-state index is 12.7. The van der Waals surface area contributed by atoms with E-state index >= 15 is 0 Å². The number of carbonyl (C=O) groups is 1. The Labute approximate surface area is 191 Å². The van der Waals surface area contributed by atoms with Crippen LogP contribution in [0.15, 0.2) is 61.2 Å². The molecule has 0 unspecified atom stereocenters. The molecule has 0 saturated carbocycles. The summed E-state index contributed by atoms with van der Waals surface area (Å²) in [6.07, 6.45) is 7.04. The molecule has 168 valence electrons. The van der Waals surface area contributed by atoms with Crippen LogP contribution in [0.5, 0.6) is 0 Å². The maximum Gasteiger partial charge on any atom is 0.243 e. The standard InChI is InChI=1S/C24H25N7O2/c1-33-14-13-30-11-12-31(16-22(32)28-17-5-8-25-9-6-17)21-15-27-23(29-24(21)30)19-3-2-4-20-18(19)7-10-26-20/h2-10,15,26H,11-14,16H2,1H3,(H,25,28,32). The van der Waals surface area contributed by atoms with Gasteiger partial charge in [0.25, 0.3) is 0 Å². The van der Waals surface area contributed by atoms with Gasteiger partial charge in [-0.2, -0.15) is 0 Å². The molecule has 0 bridgehead atoms. The van der Waals surface area contributed by atoms with Crippen LogP contribution in [0.25, 0.3) is 22.3 Å². The fourth-order valence-electron chi connectivity index (χ4n) is 4.09. The second-order valence-electron chi connectivity index (χ2n) is 7.83. The molecule has 9 nitrogen and oxygen atoms in total. The van der Waals surface area contributed by atoms with E-state index in [1.807, 2.05) is 41.6 Å². The number of ether oxygens (including phenoxy) is 1. The summed E-state index contributed by atoms with van der Waals surface area (Å²) in [5.41, 5.74) is 3.57. The molecular weight excluding hydrogens is 418 g/mol. The molecule has 0 atom stereocenters. The first-order valence-corrected chi connectivity index (χ1v) is 10.8. The summed E-state index contributed by atoms with van der Waals surface area (Å²) in [6, 6.07) is 11.6. The monoisotopic (exact) mass is 443 g/mol. The zero-order valence-corrected chi connectivity index (χ0v) is 18.4. The first kappa shape index (κ1) is 20.9. The summed E-state index contributed by atoms with van der Waals surface area (Å²) >= 11 is 0. The smallest absolute Gasteiger partial charge is 0.243 e. The van der Waals surface area contributed by atoms with Gasteiger partial charge in [0, 0.05) is 67.5 Å². The molecular formula is C24H25N7O2. The van der Waals surface area contributed by atoms with Gasteiger partial charge < -0.3 is 24.8 Å². The number of hydrogen-bond acceptors (Lipinski definition) is 7. The SMILES string of the molecule is COCCN1CCN(CC(=O)Nc2ccncc2)c2cnc(-c3cccc4[nH]ccc34)nc21. The predicted molar refractivity (Wildman–Crippen MR) is 128 cm³/mol. The molecule has 0 aliphatic carbocycles. The second-order valence-corrected chi connectivity index (χ2v) is 7.83. The Morgan fingerprint density at radius 2 is 2.00 bits per heavy atom. The van der Waals surface area contributed by atoms with Crippen LogP contribution < -0.4 is 15.1 Å². The number of methoxy groups -OCH3 is 1. The van der Waals surface area contributed by atoms with Gasteiger partial charge >= 0.3 is 0 Å². The lowest BCUT2D eigenvalue weighted by Crippen LogP contribution is -2.45. The summed E-state index contributed by atoms with van der Waals surface area (Å²) in [7, 11) is 1.69. The number of H-pyrrole nitrogens is 1. The van der Waals surface area contributed by atoms with E-state index in [2.05, 4.69) is 25.2 Å². The van der Waals surface area contributed by atoms with Crippen LogP contribution in [-0.2, 0) is 9.53 Å². The van der Waals surface area contributed by atoms with Gasteiger partial charge in [0.1, 0.15) is 0 Å². The third-order valence-electron chi connectivity index (χ3n) is 5.73. The molecule has 4 aromatic rings. The predicted octanol–water partition coefficient (Wildman–Crippen LogP) is 2.93. The number of amides is 1. The van der Waals surface area contributed by atoms with Crippen molar-refractivity contribution >= 4 is 34.0 Å². The van der Waals surface area contributed by atoms with E-state index in [1.165, 1.54) is 0 Å². The number of nitrogens with one attached hydrogen (secondary N) is 2. The van der Waals surface area contributed by atoms with Crippen LogP contribution in [0.2, 0.25) is 0 Å². The molecule has 3 aromatic heterocycles. The quantitative estimate of drug-likeness (QED) is 0.453. The van der Waals surface area contributed by atoms with Gasteiger partial charge in [-0.1, -0.05) is 12.1 Å². The number of rotatable bonds is 7. The van der Waals surface area contributed by atoms with Crippen molar-refractivity contribution in [1.29, 1.82) is 0 Å². The number of anilines is 3. The molecule has 0 fully saturated rings. The highest BCUT2D eigenvalue weighted by Gasteiger charge is 2.27. The van der Waals surface area contributed by atoms with Crippen LogP contribution in [0, 0.1) is 0 Å². The van der Waals surface area contributed by atoms with Crippen LogP contribution in [-0.4, -0.2) is 65.7 Å². The average Bonchev–Trinajstić information content (AvgIpc) is 3.33. The van der Waals surface area contributed by atoms with Crippen molar-refractivity contribution in [2.75, 3.05) is 55.0 Å². The summed E-state index contributed by atoms with van der Waals surface area (Å²) in [4.78, 5) is 33.8. The van der Waals surface area contributed by atoms with Crippen molar-refractivity contribution in [3.05, 3.63) is 61.2 Å². The Hall–Kier alpha value is -3.98. The molecule has 1 aromatic carbocycles. The molecule has 1 aliphatic heterocycles. The zero-order chi connectivity index (χ0) is 22.6. The highest BCUT2D eigenvalue weighted by molar-refractivity contribution is 5.95. The maximum atomic E-state index is 12.7. The third kappa shape index (κ3) is 4.35. The van der Waals surface area contributed by atoms with Crippen molar-refractivity contribution in [2.45, 2.75) is 0 Å². The Kier molecular flexibility index (Phi) is 5.86. The number of aromatic amines is 1. The number of benzene rings is 1. The van der Waals surface area contributed by atoms with E-state index in [-0.39, 0.29) is 12.5 Å². The third-order valence-corrected chi connectivity index (χ3v) is 5.73. The number of nitrogens with zero attached hydrogens (tertiary/aromatic N) is 5. The van der Waals surface area contributed by atoms with Crippen LogP contribution in [0.3, 0.4) is 0 Å². The minimum absolute atomic E-state index is 0.0985. The van der Waals surface area contributed by atoms with Crippen LogP contribution in [0.4, 0.5) is 17.2 Å². The van der Waals surface area contributed by atoms with Crippen LogP contribution >= 0.6 is 0 Å². The van der Waals surface area contributed by atoms with E-state index in [9.17, 15) is 4.79 Å². The van der Waals surface area contributed by atoms with Gasteiger partial charge in [-0.15, -0.1) is 0 Å². The fraction of sp³-hybridized carbons (Fsp3) is 0.250. The summed E-state index contributed by atoms with van der Waals surface area (Å²) in [6.45, 7) is 2.95. The minimum Gasteiger partial charge on any atom is -0.383 e. The number of fused-ring (bicyclic) bond motifs is 2. The minimum atomic E-state index is -0.0985. The van der Waals surface area contributed by atoms with Crippen molar-refractivity contribution in [1.82, 2.24) is 19.9 Å². The van der Waals surface area contributed by atoms with Crippen molar-refractivity contribution in [3.63, 3.8) is 0 Å². The van der Waals surface area contributed by atoms with Gasteiger partial charge in [-0.05, 0) is 24.3 Å². The zero-order valence-electron chi connectivity index (χ0n) is 18.4. The normalized spacial score (nSPS) is 13.2. The van der Waals surface area contributed by atoms with Gasteiger partial charge in [0.15, 0.2) is 11.6 Å². The molecule has 9 heteroatoms. The Morgan fingerprint density at radius 3 is 2.85 bits per heavy atom. The summed E-state index contributed by atoms with van der Waals surface area (Å²) < 4.78 is 5.31. The Balaban J connectivity index is 1.45. The van der Waals surface area contributed by atoms with E-state index in [4.69, 9.17) is 9.72 Å². The lowest BCUT2D eigenvalue weighted by atomic mass is 10.1. The summed E-state index contributed by atoms with van der Waals surface area (Å²) in [5.74, 6) is 1.37. The van der Waals surface area contributed by atoms with Crippen molar-refractivity contribution < 1.29 is 9.53 Å². The number of carbonyl (C=O) groups excluding carboxylic acids is 1. The van der Waals surface area contributed by atoms with Gasteiger partial charge in [0.05, 0.1) is 25.0 Å². The molecule has 0 radical (unpaired) electrons.